The summed E-state index contributed by atoms with van der Waals surface area (Å²) in [6, 6.07) is 20.5. The van der Waals surface area contributed by atoms with E-state index >= 15 is 0 Å². The SMILES string of the molecule is Cc1ccccc1.Cc1ccccc1.[AlH3].[H-].[HH].[HH].[Na+]. The van der Waals surface area contributed by atoms with Crippen molar-refractivity contribution in [3.8, 4) is 0 Å². The van der Waals surface area contributed by atoms with Crippen molar-refractivity contribution in [3.63, 3.8) is 0 Å². The first kappa shape index (κ1) is 18.3. The zero-order valence-corrected chi connectivity index (χ0v) is 11.8. The molecule has 0 unspecified atom stereocenters. The zero-order valence-electron chi connectivity index (χ0n) is 10.8. The van der Waals surface area contributed by atoms with Crippen LogP contribution < -0.4 is 29.6 Å². The molecule has 0 N–H and O–H groups in total. The van der Waals surface area contributed by atoms with Gasteiger partial charge in [0.1, 0.15) is 0 Å². The minimum atomic E-state index is 0. The van der Waals surface area contributed by atoms with E-state index in [4.69, 9.17) is 0 Å². The Morgan fingerprint density at radius 2 is 0.938 bits per heavy atom. The number of rotatable bonds is 0. The minimum Gasteiger partial charge on any atom is -1.00 e. The van der Waals surface area contributed by atoms with Crippen LogP contribution in [0.4, 0.5) is 0 Å². The number of aryl methyl sites for hydroxylation is 2. The van der Waals surface area contributed by atoms with Gasteiger partial charge in [-0.2, -0.15) is 0 Å². The van der Waals surface area contributed by atoms with Crippen LogP contribution in [-0.4, -0.2) is 17.4 Å². The molecule has 0 nitrogen and oxygen atoms in total. The first-order valence-corrected chi connectivity index (χ1v) is 4.82. The van der Waals surface area contributed by atoms with E-state index in [1.807, 2.05) is 36.4 Å². The van der Waals surface area contributed by atoms with Gasteiger partial charge in [0.2, 0.25) is 0 Å². The monoisotopic (exact) mass is 242 g/mol. The molecule has 0 aliphatic rings. The minimum absolute atomic E-state index is 0. The largest absolute Gasteiger partial charge is 1.00 e. The molecule has 16 heavy (non-hydrogen) atoms. The van der Waals surface area contributed by atoms with Crippen LogP contribution in [0.3, 0.4) is 0 Å². The molecule has 0 amide bonds. The number of hydrogen-bond donors (Lipinski definition) is 0. The Hall–Kier alpha value is -0.0275. The smallest absolute Gasteiger partial charge is 1.00 e. The Morgan fingerprint density at radius 1 is 0.688 bits per heavy atom. The zero-order chi connectivity index (χ0) is 10.2. The fourth-order valence-electron chi connectivity index (χ4n) is 1.07. The third-order valence-corrected chi connectivity index (χ3v) is 1.88. The standard InChI is InChI=1S/2C7H8.Al.Na.2H2.4H/c2*1-7-5-3-2-4-6-7;;;;;;;;/h2*2-6H,1H3;;;2*1H;;;;/q;;;+1;;;;;;-1. The number of hydrogen-bond acceptors (Lipinski definition) is 0. The van der Waals surface area contributed by atoms with Gasteiger partial charge in [-0.25, -0.2) is 0 Å². The van der Waals surface area contributed by atoms with Crippen molar-refractivity contribution in [2.45, 2.75) is 13.8 Å². The van der Waals surface area contributed by atoms with Gasteiger partial charge in [-0.05, 0) is 13.8 Å². The molecule has 2 aromatic carbocycles. The molecule has 0 aliphatic carbocycles. The predicted molar refractivity (Wildman–Crippen MR) is 77.6 cm³/mol. The van der Waals surface area contributed by atoms with Crippen molar-refractivity contribution in [2.24, 2.45) is 0 Å². The van der Waals surface area contributed by atoms with Crippen LogP contribution in [0, 0.1) is 13.8 Å². The van der Waals surface area contributed by atoms with E-state index in [1.165, 1.54) is 11.1 Å². The van der Waals surface area contributed by atoms with Gasteiger partial charge in [-0.15, -0.1) is 0 Å². The molecule has 0 saturated heterocycles. The molecular formula is C14H24AlNa. The summed E-state index contributed by atoms with van der Waals surface area (Å²) < 4.78 is 0. The van der Waals surface area contributed by atoms with Gasteiger partial charge in [0.25, 0.3) is 0 Å². The van der Waals surface area contributed by atoms with Crippen LogP contribution >= 0.6 is 0 Å². The predicted octanol–water partition coefficient (Wildman–Crippen LogP) is 0.415. The molecule has 2 aromatic rings. The third kappa shape index (κ3) is 9.22. The van der Waals surface area contributed by atoms with Gasteiger partial charge >= 0.3 is 29.6 Å². The summed E-state index contributed by atoms with van der Waals surface area (Å²) in [5.41, 5.74) is 2.64. The Balaban J connectivity index is -0.0000000544. The summed E-state index contributed by atoms with van der Waals surface area (Å²) in [5.74, 6) is 0. The molecule has 0 bridgehead atoms. The molecule has 0 saturated carbocycles. The maximum atomic E-state index is 2.08. The van der Waals surface area contributed by atoms with Gasteiger partial charge in [-0.3, -0.25) is 0 Å². The Labute approximate surface area is 136 Å². The molecule has 0 spiro atoms. The molecule has 0 radical (unpaired) electrons. The molecule has 0 fully saturated rings. The van der Waals surface area contributed by atoms with Crippen LogP contribution in [0.1, 0.15) is 15.4 Å². The van der Waals surface area contributed by atoms with Crippen LogP contribution in [0.15, 0.2) is 60.7 Å². The molecule has 2 heteroatoms. The second-order valence-electron chi connectivity index (χ2n) is 3.31. The molecule has 0 aromatic heterocycles. The van der Waals surface area contributed by atoms with Crippen LogP contribution in [-0.2, 0) is 0 Å². The molecular weight excluding hydrogens is 218 g/mol. The van der Waals surface area contributed by atoms with Gasteiger partial charge in [0, 0.05) is 2.85 Å². The van der Waals surface area contributed by atoms with Crippen LogP contribution in [0.5, 0.6) is 0 Å². The molecule has 84 valence electrons. The first-order valence-electron chi connectivity index (χ1n) is 4.82. The van der Waals surface area contributed by atoms with Crippen molar-refractivity contribution in [1.82, 2.24) is 0 Å². The summed E-state index contributed by atoms with van der Waals surface area (Å²) in [6.45, 7) is 4.17. The van der Waals surface area contributed by atoms with Gasteiger partial charge in [-0.1, -0.05) is 71.8 Å². The van der Waals surface area contributed by atoms with E-state index < -0.39 is 0 Å². The quantitative estimate of drug-likeness (QED) is 0.587. The van der Waals surface area contributed by atoms with Gasteiger partial charge in [0.15, 0.2) is 17.4 Å². The number of benzene rings is 2. The van der Waals surface area contributed by atoms with Crippen molar-refractivity contribution >= 4 is 17.4 Å². The second-order valence-corrected chi connectivity index (χ2v) is 3.31. The second kappa shape index (κ2) is 11.5. The van der Waals surface area contributed by atoms with Gasteiger partial charge in [0.05, 0.1) is 0 Å². The van der Waals surface area contributed by atoms with E-state index in [9.17, 15) is 0 Å². The topological polar surface area (TPSA) is 0 Å². The average Bonchev–Trinajstić information content (AvgIpc) is 2.21. The van der Waals surface area contributed by atoms with E-state index in [0.717, 1.165) is 0 Å². The average molecular weight is 242 g/mol. The van der Waals surface area contributed by atoms with Crippen molar-refractivity contribution in [2.75, 3.05) is 0 Å². The fourth-order valence-corrected chi connectivity index (χ4v) is 1.07. The van der Waals surface area contributed by atoms with Crippen LogP contribution in [0.2, 0.25) is 0 Å². The fraction of sp³-hybridized carbons (Fsp3) is 0.143. The van der Waals surface area contributed by atoms with Crippen molar-refractivity contribution in [3.05, 3.63) is 71.8 Å². The van der Waals surface area contributed by atoms with E-state index in [0.29, 0.717) is 0 Å². The maximum absolute atomic E-state index is 2.08. The summed E-state index contributed by atoms with van der Waals surface area (Å²) in [4.78, 5) is 0. The van der Waals surface area contributed by atoms with Crippen molar-refractivity contribution < 1.29 is 33.8 Å². The molecule has 0 atom stereocenters. The van der Waals surface area contributed by atoms with Gasteiger partial charge < -0.3 is 1.43 Å². The van der Waals surface area contributed by atoms with E-state index in [1.54, 1.807) is 0 Å². The normalized spacial score (nSPS) is 7.62. The molecule has 0 aliphatic heterocycles. The van der Waals surface area contributed by atoms with E-state index in [-0.39, 0.29) is 51.2 Å². The maximum Gasteiger partial charge on any atom is 1.00 e. The molecule has 2 rings (SSSR count). The Kier molecular flexibility index (Phi) is 13.1. The summed E-state index contributed by atoms with van der Waals surface area (Å²) >= 11 is 0. The van der Waals surface area contributed by atoms with Crippen molar-refractivity contribution in [1.29, 1.82) is 0 Å². The summed E-state index contributed by atoms with van der Waals surface area (Å²) in [5, 5.41) is 0. The molecule has 0 heterocycles. The summed E-state index contributed by atoms with van der Waals surface area (Å²) in [7, 11) is 0. The first-order chi connectivity index (χ1) is 6.79. The van der Waals surface area contributed by atoms with Crippen LogP contribution in [0.25, 0.3) is 0 Å². The third-order valence-electron chi connectivity index (χ3n) is 1.88. The summed E-state index contributed by atoms with van der Waals surface area (Å²) in [6.07, 6.45) is 0. The van der Waals surface area contributed by atoms with E-state index in [2.05, 4.69) is 38.1 Å². The Bertz CT molecular complexity index is 320. The Morgan fingerprint density at radius 3 is 1.06 bits per heavy atom.